The van der Waals surface area contributed by atoms with Crippen molar-refractivity contribution in [2.24, 2.45) is 5.41 Å². The minimum Gasteiger partial charge on any atom is -0.493 e. The van der Waals surface area contributed by atoms with Crippen molar-refractivity contribution < 1.29 is 43.7 Å². The molecule has 0 bridgehead atoms. The lowest BCUT2D eigenvalue weighted by atomic mass is 9.85. The predicted molar refractivity (Wildman–Crippen MR) is 267 cm³/mol. The quantitative estimate of drug-likeness (QED) is 0.0613. The standard InChI is InChI=1S/C53H64N8O9S/c1-31-38(27-62)20-37(50(66)58-41-16-15-34-13-14-36(21-40(34)41)42-26-60-18-6-8-45(60)57-42)22-44(31)70-19-7-17-54-46(64)28-69-29-47(65)59-49(53(3,4)5)52(68)61-25-39(63)23-43(61)51(67)55-24-33-9-11-35(12-10-33)48-32(2)56-30-71-48/h9-14,20-22,26,30,39,41,43,49,62-63H,6-8,15-19,23-25,27-29H2,1-5H3,(H,54,64)(H,55,67)(H,58,66)(H,59,65)/t39-,41-,43+,49-/m1/s1. The van der Waals surface area contributed by atoms with Crippen molar-refractivity contribution >= 4 is 40.9 Å². The smallest absolute Gasteiger partial charge is 0.251 e. The summed E-state index contributed by atoms with van der Waals surface area (Å²) in [5.41, 5.74) is 9.78. The number of β-amino-alcohol motifs (C(OH)–C–C–N with tert-alkyl or cyclic N) is 1. The van der Waals surface area contributed by atoms with Crippen LogP contribution in [0.3, 0.4) is 0 Å². The number of ether oxygens (including phenoxy) is 2. The molecular formula is C53H64N8O9S. The minimum atomic E-state index is -1.06. The van der Waals surface area contributed by atoms with Gasteiger partial charge in [-0.25, -0.2) is 9.97 Å². The summed E-state index contributed by atoms with van der Waals surface area (Å²) < 4.78 is 13.7. The molecule has 18 heteroatoms. The van der Waals surface area contributed by atoms with Crippen LogP contribution in [-0.2, 0) is 56.5 Å². The highest BCUT2D eigenvalue weighted by molar-refractivity contribution is 7.13. The zero-order chi connectivity index (χ0) is 50.4. The average Bonchev–Trinajstić information content (AvgIpc) is 4.20. The summed E-state index contributed by atoms with van der Waals surface area (Å²) >= 11 is 1.56. The molecule has 5 aromatic rings. The highest BCUT2D eigenvalue weighted by Gasteiger charge is 2.44. The Bertz CT molecular complexity index is 2740. The van der Waals surface area contributed by atoms with Gasteiger partial charge in [-0.3, -0.25) is 24.0 Å². The molecule has 376 valence electrons. The Balaban J connectivity index is 0.764. The van der Waals surface area contributed by atoms with Crippen molar-refractivity contribution in [1.29, 1.82) is 0 Å². The predicted octanol–water partition coefficient (Wildman–Crippen LogP) is 4.86. The second kappa shape index (κ2) is 22.3. The molecule has 4 atom stereocenters. The summed E-state index contributed by atoms with van der Waals surface area (Å²) in [6, 6.07) is 15.4. The van der Waals surface area contributed by atoms with Gasteiger partial charge in [-0.05, 0) is 96.5 Å². The van der Waals surface area contributed by atoms with E-state index in [1.165, 1.54) is 10.5 Å². The van der Waals surface area contributed by atoms with Crippen LogP contribution in [-0.4, -0.2) is 110 Å². The highest BCUT2D eigenvalue weighted by atomic mass is 32.1. The van der Waals surface area contributed by atoms with E-state index in [4.69, 9.17) is 14.5 Å². The van der Waals surface area contributed by atoms with E-state index in [1.54, 1.807) is 49.8 Å². The van der Waals surface area contributed by atoms with Crippen molar-refractivity contribution in [2.45, 2.75) is 117 Å². The van der Waals surface area contributed by atoms with E-state index in [1.807, 2.05) is 38.1 Å². The number of aliphatic hydroxyl groups excluding tert-OH is 2. The first kappa shape index (κ1) is 50.9. The molecule has 5 amide bonds. The Hall–Kier alpha value is -6.47. The van der Waals surface area contributed by atoms with Crippen LogP contribution in [0.2, 0.25) is 0 Å². The van der Waals surface area contributed by atoms with Crippen LogP contribution >= 0.6 is 11.3 Å². The molecular weight excluding hydrogens is 925 g/mol. The molecule has 1 saturated heterocycles. The zero-order valence-electron chi connectivity index (χ0n) is 41.0. The average molecular weight is 989 g/mol. The van der Waals surface area contributed by atoms with Gasteiger partial charge < -0.3 is 50.4 Å². The summed E-state index contributed by atoms with van der Waals surface area (Å²) in [5.74, 6) is -0.713. The SMILES string of the molecule is Cc1ncsc1-c1ccc(CNC(=O)[C@@H]2C[C@@H](O)CN2C(=O)[C@@H](NC(=O)COCC(=O)NCCCOc2cc(C(=O)N[C@@H]3CCc4ccc(-c5cn6c(n5)CCC6)cc43)cc(CO)c2C)C(C)(C)C)cc1. The number of nitrogens with zero attached hydrogens (tertiary/aromatic N) is 4. The van der Waals surface area contributed by atoms with E-state index in [0.717, 1.165) is 76.6 Å². The number of fused-ring (bicyclic) bond motifs is 2. The van der Waals surface area contributed by atoms with Gasteiger partial charge in [0.1, 0.15) is 36.9 Å². The van der Waals surface area contributed by atoms with Crippen LogP contribution in [0.1, 0.15) is 102 Å². The molecule has 0 spiro atoms. The van der Waals surface area contributed by atoms with Crippen LogP contribution in [0.5, 0.6) is 5.75 Å². The van der Waals surface area contributed by atoms with Gasteiger partial charge in [0.15, 0.2) is 0 Å². The topological polar surface area (TPSA) is 226 Å². The fourth-order valence-corrected chi connectivity index (χ4v) is 10.3. The first-order valence-corrected chi connectivity index (χ1v) is 25.2. The molecule has 6 N–H and O–H groups in total. The molecule has 2 aliphatic heterocycles. The molecule has 0 radical (unpaired) electrons. The van der Waals surface area contributed by atoms with E-state index >= 15 is 0 Å². The summed E-state index contributed by atoms with van der Waals surface area (Å²) in [5, 5.41) is 32.3. The number of thiazole rings is 1. The Morgan fingerprint density at radius 3 is 2.46 bits per heavy atom. The first-order chi connectivity index (χ1) is 34.1. The third-order valence-electron chi connectivity index (χ3n) is 13.5. The van der Waals surface area contributed by atoms with Gasteiger partial charge >= 0.3 is 0 Å². The van der Waals surface area contributed by atoms with Crippen LogP contribution < -0.4 is 26.0 Å². The number of rotatable bonds is 19. The van der Waals surface area contributed by atoms with Gasteiger partial charge in [-0.15, -0.1) is 11.3 Å². The van der Waals surface area contributed by atoms with Gasteiger partial charge in [0, 0.05) is 56.3 Å². The molecule has 1 fully saturated rings. The first-order valence-electron chi connectivity index (χ1n) is 24.3. The largest absolute Gasteiger partial charge is 0.493 e. The van der Waals surface area contributed by atoms with E-state index in [-0.39, 0.29) is 51.2 Å². The van der Waals surface area contributed by atoms with E-state index in [0.29, 0.717) is 28.9 Å². The van der Waals surface area contributed by atoms with Gasteiger partial charge in [-0.2, -0.15) is 0 Å². The number of imidazole rings is 1. The maximum Gasteiger partial charge on any atom is 0.251 e. The van der Waals surface area contributed by atoms with Crippen LogP contribution in [0, 0.1) is 19.3 Å². The zero-order valence-corrected chi connectivity index (χ0v) is 41.8. The lowest BCUT2D eigenvalue weighted by Crippen LogP contribution is -2.58. The van der Waals surface area contributed by atoms with Crippen molar-refractivity contribution in [3.05, 3.63) is 111 Å². The van der Waals surface area contributed by atoms with Crippen LogP contribution in [0.4, 0.5) is 0 Å². The van der Waals surface area contributed by atoms with E-state index in [9.17, 15) is 34.2 Å². The Morgan fingerprint density at radius 2 is 1.73 bits per heavy atom. The number of hydrogen-bond donors (Lipinski definition) is 6. The molecule has 0 unspecified atom stereocenters. The minimum absolute atomic E-state index is 0.0552. The Labute approximate surface area is 417 Å². The number of amides is 5. The monoisotopic (exact) mass is 988 g/mol. The fraction of sp³-hybridized carbons (Fsp3) is 0.453. The number of carbonyl (C=O) groups is 5. The number of hydrogen-bond acceptors (Lipinski definition) is 12. The molecule has 4 heterocycles. The number of carbonyl (C=O) groups excluding carboxylic acids is 5. The van der Waals surface area contributed by atoms with Crippen molar-refractivity contribution in [1.82, 2.24) is 40.7 Å². The Morgan fingerprint density at radius 1 is 0.958 bits per heavy atom. The molecule has 3 aliphatic rings. The van der Waals surface area contributed by atoms with Crippen LogP contribution in [0.25, 0.3) is 21.7 Å². The molecule has 8 rings (SSSR count). The summed E-state index contributed by atoms with van der Waals surface area (Å²) in [6.07, 6.45) is 5.39. The van der Waals surface area contributed by atoms with Gasteiger partial charge in [0.05, 0.1) is 47.1 Å². The molecule has 3 aromatic carbocycles. The molecule has 1 aliphatic carbocycles. The lowest BCUT2D eigenvalue weighted by molar-refractivity contribution is -0.145. The van der Waals surface area contributed by atoms with Crippen molar-refractivity contribution in [2.75, 3.05) is 32.9 Å². The lowest BCUT2D eigenvalue weighted by Gasteiger charge is -2.35. The normalized spacial score (nSPS) is 17.6. The van der Waals surface area contributed by atoms with Crippen molar-refractivity contribution in [3.63, 3.8) is 0 Å². The molecule has 0 saturated carbocycles. The molecule has 2 aromatic heterocycles. The van der Waals surface area contributed by atoms with E-state index < -0.39 is 60.4 Å². The maximum atomic E-state index is 14.0. The maximum absolute atomic E-state index is 14.0. The molecule has 17 nitrogen and oxygen atoms in total. The number of aliphatic hydroxyl groups is 2. The second-order valence-corrected chi connectivity index (χ2v) is 20.6. The fourth-order valence-electron chi connectivity index (χ4n) is 9.49. The van der Waals surface area contributed by atoms with Crippen LogP contribution in [0.15, 0.2) is 66.3 Å². The number of nitrogens with one attached hydrogen (secondary N) is 4. The third kappa shape index (κ3) is 12.2. The summed E-state index contributed by atoms with van der Waals surface area (Å²) in [4.78, 5) is 78.5. The summed E-state index contributed by atoms with van der Waals surface area (Å²) in [6.45, 7) is 9.53. The molecule has 71 heavy (non-hydrogen) atoms. The number of benzene rings is 3. The van der Waals surface area contributed by atoms with Gasteiger partial charge in [0.2, 0.25) is 23.6 Å². The summed E-state index contributed by atoms with van der Waals surface area (Å²) in [7, 11) is 0. The third-order valence-corrected chi connectivity index (χ3v) is 14.4. The van der Waals surface area contributed by atoms with Crippen molar-refractivity contribution in [3.8, 4) is 27.4 Å². The highest BCUT2D eigenvalue weighted by Crippen LogP contribution is 2.36. The van der Waals surface area contributed by atoms with E-state index in [2.05, 4.69) is 55.2 Å². The number of aromatic nitrogens is 3. The Kier molecular flexibility index (Phi) is 16.0. The van der Waals surface area contributed by atoms with Gasteiger partial charge in [-0.1, -0.05) is 57.2 Å². The number of likely N-dealkylation sites (tertiary alicyclic amines) is 1. The van der Waals surface area contributed by atoms with Gasteiger partial charge in [0.25, 0.3) is 5.91 Å². The second-order valence-electron chi connectivity index (χ2n) is 19.7. The number of aryl methyl sites for hydroxylation is 4.